The molecular formula is C20H16NO6-. The zero-order valence-corrected chi connectivity index (χ0v) is 14.7. The molecule has 0 fully saturated rings. The van der Waals surface area contributed by atoms with Crippen LogP contribution >= 0.6 is 0 Å². The summed E-state index contributed by atoms with van der Waals surface area (Å²) in [5.74, 6) is -1.71. The number of carbonyl (C=O) groups is 3. The van der Waals surface area contributed by atoms with Gasteiger partial charge < -0.3 is 24.0 Å². The third-order valence-corrected chi connectivity index (χ3v) is 4.25. The van der Waals surface area contributed by atoms with Crippen LogP contribution in [0, 0.1) is 0 Å². The fourth-order valence-corrected chi connectivity index (χ4v) is 2.86. The Hall–Kier alpha value is -3.61. The minimum absolute atomic E-state index is 0.0225. The number of aromatic carboxylic acids is 1. The van der Waals surface area contributed by atoms with Crippen LogP contribution in [0.15, 0.2) is 63.9 Å². The first-order valence-electron chi connectivity index (χ1n) is 8.09. The number of hydrogen-bond acceptors (Lipinski definition) is 6. The number of carboxylic acids is 1. The van der Waals surface area contributed by atoms with Crippen molar-refractivity contribution in [2.24, 2.45) is 0 Å². The van der Waals surface area contributed by atoms with Gasteiger partial charge in [0, 0.05) is 5.70 Å². The smallest absolute Gasteiger partial charge is 0.340 e. The van der Waals surface area contributed by atoms with E-state index in [4.69, 9.17) is 9.15 Å². The molecule has 0 unspecified atom stereocenters. The van der Waals surface area contributed by atoms with Crippen molar-refractivity contribution in [1.29, 1.82) is 0 Å². The topological polar surface area (TPSA) is 99.9 Å². The van der Waals surface area contributed by atoms with E-state index in [0.29, 0.717) is 17.0 Å². The standard InChI is InChI=1S/C20H17NO6/c1-12-17(20(25)26-2)16(10-13-5-7-14(8-6-13)19(23)24)18(22)21(12)11-15-4-3-9-27-15/h3-10H,11H2,1-2H3,(H,23,24)/p-1/b16-10-. The van der Waals surface area contributed by atoms with Crippen LogP contribution in [-0.4, -0.2) is 29.9 Å². The lowest BCUT2D eigenvalue weighted by Gasteiger charge is -2.16. The Labute approximate surface area is 155 Å². The molecule has 0 aliphatic carbocycles. The number of esters is 1. The van der Waals surface area contributed by atoms with Crippen LogP contribution in [0.5, 0.6) is 0 Å². The summed E-state index contributed by atoms with van der Waals surface area (Å²) in [6.07, 6.45) is 3.03. The molecule has 1 aliphatic rings. The zero-order chi connectivity index (χ0) is 19.6. The molecule has 1 aromatic carbocycles. The molecule has 138 valence electrons. The Kier molecular flexibility index (Phi) is 4.94. The second-order valence-corrected chi connectivity index (χ2v) is 5.89. The van der Waals surface area contributed by atoms with Crippen molar-refractivity contribution in [2.45, 2.75) is 13.5 Å². The minimum Gasteiger partial charge on any atom is -0.545 e. The normalized spacial score (nSPS) is 15.6. The van der Waals surface area contributed by atoms with E-state index in [1.54, 1.807) is 19.1 Å². The summed E-state index contributed by atoms with van der Waals surface area (Å²) in [6, 6.07) is 9.26. The van der Waals surface area contributed by atoms with Crippen molar-refractivity contribution < 1.29 is 28.6 Å². The van der Waals surface area contributed by atoms with E-state index in [1.807, 2.05) is 0 Å². The largest absolute Gasteiger partial charge is 0.545 e. The molecule has 1 amide bonds. The van der Waals surface area contributed by atoms with Crippen molar-refractivity contribution in [3.05, 3.63) is 76.4 Å². The van der Waals surface area contributed by atoms with E-state index in [1.165, 1.54) is 48.6 Å². The molecule has 7 nitrogen and oxygen atoms in total. The number of carbonyl (C=O) groups excluding carboxylic acids is 3. The highest BCUT2D eigenvalue weighted by Crippen LogP contribution is 2.32. The number of ether oxygens (including phenoxy) is 1. The fourth-order valence-electron chi connectivity index (χ4n) is 2.86. The first kappa shape index (κ1) is 18.2. The molecular weight excluding hydrogens is 350 g/mol. The van der Waals surface area contributed by atoms with Gasteiger partial charge in [0.2, 0.25) is 0 Å². The van der Waals surface area contributed by atoms with Crippen molar-refractivity contribution >= 4 is 23.9 Å². The average Bonchev–Trinajstić information content (AvgIpc) is 3.25. The number of amides is 1. The minimum atomic E-state index is -1.29. The van der Waals surface area contributed by atoms with Gasteiger partial charge in [0.05, 0.1) is 37.0 Å². The fraction of sp³-hybridized carbons (Fsp3) is 0.150. The number of rotatable bonds is 5. The summed E-state index contributed by atoms with van der Waals surface area (Å²) in [6.45, 7) is 1.84. The maximum absolute atomic E-state index is 12.9. The molecule has 0 radical (unpaired) electrons. The predicted octanol–water partition coefficient (Wildman–Crippen LogP) is 1.52. The first-order chi connectivity index (χ1) is 12.9. The Balaban J connectivity index is 2.00. The number of allylic oxidation sites excluding steroid dienone is 1. The summed E-state index contributed by atoms with van der Waals surface area (Å²) in [5.41, 5.74) is 1.39. The number of furan rings is 1. The van der Waals surface area contributed by atoms with Gasteiger partial charge in [-0.05, 0) is 36.3 Å². The molecule has 1 aromatic heterocycles. The summed E-state index contributed by atoms with van der Waals surface area (Å²) >= 11 is 0. The highest BCUT2D eigenvalue weighted by Gasteiger charge is 2.37. The molecule has 1 aliphatic heterocycles. The summed E-state index contributed by atoms with van der Waals surface area (Å²) in [7, 11) is 1.24. The molecule has 27 heavy (non-hydrogen) atoms. The number of hydrogen-bond donors (Lipinski definition) is 0. The third-order valence-electron chi connectivity index (χ3n) is 4.25. The predicted molar refractivity (Wildman–Crippen MR) is 92.7 cm³/mol. The molecule has 0 spiro atoms. The highest BCUT2D eigenvalue weighted by atomic mass is 16.5. The van der Waals surface area contributed by atoms with Crippen molar-refractivity contribution in [1.82, 2.24) is 4.90 Å². The van der Waals surface area contributed by atoms with Crippen LogP contribution in [0.25, 0.3) is 6.08 Å². The van der Waals surface area contributed by atoms with Gasteiger partial charge in [-0.25, -0.2) is 4.79 Å². The molecule has 7 heteroatoms. The van der Waals surface area contributed by atoms with Crippen LogP contribution < -0.4 is 5.11 Å². The average molecular weight is 366 g/mol. The Bertz CT molecular complexity index is 951. The number of benzene rings is 1. The summed E-state index contributed by atoms with van der Waals surface area (Å²) < 4.78 is 10.1. The zero-order valence-electron chi connectivity index (χ0n) is 14.7. The lowest BCUT2D eigenvalue weighted by molar-refractivity contribution is -0.255. The van der Waals surface area contributed by atoms with Crippen molar-refractivity contribution in [3.63, 3.8) is 0 Å². The van der Waals surface area contributed by atoms with Gasteiger partial charge in [-0.3, -0.25) is 4.79 Å². The second kappa shape index (κ2) is 7.33. The third kappa shape index (κ3) is 3.52. The van der Waals surface area contributed by atoms with Crippen molar-refractivity contribution in [2.75, 3.05) is 7.11 Å². The molecule has 2 heterocycles. The summed E-state index contributed by atoms with van der Waals surface area (Å²) in [5, 5.41) is 10.9. The molecule has 0 N–H and O–H groups in total. The maximum atomic E-state index is 12.9. The SMILES string of the molecule is COC(=O)C1=C(C)N(Cc2ccco2)C(=O)/C1=C\c1ccc(C(=O)[O-])cc1. The quantitative estimate of drug-likeness (QED) is 0.587. The van der Waals surface area contributed by atoms with Gasteiger partial charge in [-0.15, -0.1) is 0 Å². The maximum Gasteiger partial charge on any atom is 0.340 e. The lowest BCUT2D eigenvalue weighted by atomic mass is 10.0. The van der Waals surface area contributed by atoms with E-state index in [0.717, 1.165) is 0 Å². The van der Waals surface area contributed by atoms with Gasteiger partial charge in [0.1, 0.15) is 5.76 Å². The Morgan fingerprint density at radius 1 is 1.22 bits per heavy atom. The van der Waals surface area contributed by atoms with Crippen LogP contribution in [0.4, 0.5) is 0 Å². The first-order valence-corrected chi connectivity index (χ1v) is 8.09. The monoisotopic (exact) mass is 366 g/mol. The van der Waals surface area contributed by atoms with Crippen LogP contribution in [0.2, 0.25) is 0 Å². The number of methoxy groups -OCH3 is 1. The van der Waals surface area contributed by atoms with Gasteiger partial charge in [0.15, 0.2) is 0 Å². The molecule has 2 aromatic rings. The molecule has 0 saturated carbocycles. The van der Waals surface area contributed by atoms with Gasteiger partial charge in [0.25, 0.3) is 5.91 Å². The Morgan fingerprint density at radius 3 is 2.48 bits per heavy atom. The van der Waals surface area contributed by atoms with Gasteiger partial charge in [-0.1, -0.05) is 24.3 Å². The van der Waals surface area contributed by atoms with E-state index in [9.17, 15) is 19.5 Å². The number of nitrogens with zero attached hydrogens (tertiary/aromatic N) is 1. The van der Waals surface area contributed by atoms with E-state index in [2.05, 4.69) is 0 Å². The molecule has 0 saturated heterocycles. The molecule has 0 bridgehead atoms. The van der Waals surface area contributed by atoms with Crippen LogP contribution in [-0.2, 0) is 20.9 Å². The second-order valence-electron chi connectivity index (χ2n) is 5.89. The summed E-state index contributed by atoms with van der Waals surface area (Å²) in [4.78, 5) is 37.5. The highest BCUT2D eigenvalue weighted by molar-refractivity contribution is 6.16. The van der Waals surface area contributed by atoms with E-state index >= 15 is 0 Å². The van der Waals surface area contributed by atoms with Crippen molar-refractivity contribution in [3.8, 4) is 0 Å². The lowest BCUT2D eigenvalue weighted by Crippen LogP contribution is -2.24. The van der Waals surface area contributed by atoms with E-state index < -0.39 is 11.9 Å². The Morgan fingerprint density at radius 2 is 1.93 bits per heavy atom. The van der Waals surface area contributed by atoms with Crippen LogP contribution in [0.3, 0.4) is 0 Å². The van der Waals surface area contributed by atoms with Gasteiger partial charge >= 0.3 is 5.97 Å². The molecule has 3 rings (SSSR count). The number of carboxylic acid groups (broad SMARTS) is 1. The van der Waals surface area contributed by atoms with Crippen LogP contribution in [0.1, 0.15) is 28.6 Å². The molecule has 0 atom stereocenters. The van der Waals surface area contributed by atoms with Gasteiger partial charge in [-0.2, -0.15) is 0 Å². The van der Waals surface area contributed by atoms with E-state index in [-0.39, 0.29) is 29.2 Å².